The molecule has 1 rings (SSSR count). The lowest BCUT2D eigenvalue weighted by Gasteiger charge is -2.35. The molecule has 0 atom stereocenters. The van der Waals surface area contributed by atoms with Crippen LogP contribution in [0.2, 0.25) is 0 Å². The Morgan fingerprint density at radius 1 is 0.556 bits per heavy atom. The van der Waals surface area contributed by atoms with Crippen LogP contribution in [0.25, 0.3) is 0 Å². The molecule has 3 nitrogen and oxygen atoms in total. The molecule has 0 saturated carbocycles. The Morgan fingerprint density at radius 3 is 1.11 bits per heavy atom. The van der Waals surface area contributed by atoms with E-state index in [0.29, 0.717) is 0 Å². The molecule has 0 aliphatic heterocycles. The van der Waals surface area contributed by atoms with Crippen LogP contribution in [0.5, 0.6) is 0 Å². The SMILES string of the molecule is C[N+](C)(C)c1cccc([N+](C)(C)C)c1[N+](C)(C)C. The molecule has 0 aliphatic carbocycles. The van der Waals surface area contributed by atoms with Crippen LogP contribution >= 0.6 is 0 Å². The second kappa shape index (κ2) is 4.34. The molecule has 0 fully saturated rings. The maximum absolute atomic E-state index is 2.25. The summed E-state index contributed by atoms with van der Waals surface area (Å²) in [6.45, 7) is 0. The summed E-state index contributed by atoms with van der Waals surface area (Å²) in [4.78, 5) is 0. The minimum Gasteiger partial charge on any atom is -0.293 e. The third-order valence-corrected chi connectivity index (χ3v) is 3.11. The van der Waals surface area contributed by atoms with E-state index in [2.05, 4.69) is 81.6 Å². The summed E-state index contributed by atoms with van der Waals surface area (Å²) >= 11 is 0. The zero-order valence-electron chi connectivity index (χ0n) is 13.6. The maximum Gasteiger partial charge on any atom is 0.254 e. The zero-order valence-corrected chi connectivity index (χ0v) is 13.6. The molecule has 102 valence electrons. The summed E-state index contributed by atoms with van der Waals surface area (Å²) in [7, 11) is 20.1. The summed E-state index contributed by atoms with van der Waals surface area (Å²) < 4.78 is 2.54. The summed E-state index contributed by atoms with van der Waals surface area (Å²) in [5.74, 6) is 0. The molecule has 18 heavy (non-hydrogen) atoms. The first-order valence-corrected chi connectivity index (χ1v) is 6.44. The minimum absolute atomic E-state index is 0.844. The highest BCUT2D eigenvalue weighted by molar-refractivity contribution is 5.79. The second-order valence-electron chi connectivity index (χ2n) is 7.68. The Morgan fingerprint density at radius 2 is 0.889 bits per heavy atom. The van der Waals surface area contributed by atoms with Crippen molar-refractivity contribution >= 4 is 17.1 Å². The van der Waals surface area contributed by atoms with Crippen molar-refractivity contribution in [2.75, 3.05) is 63.4 Å². The van der Waals surface area contributed by atoms with Crippen molar-refractivity contribution in [1.29, 1.82) is 0 Å². The first-order valence-electron chi connectivity index (χ1n) is 6.44. The molecule has 0 unspecified atom stereocenters. The van der Waals surface area contributed by atoms with Crippen molar-refractivity contribution in [3.05, 3.63) is 18.2 Å². The maximum atomic E-state index is 2.25. The highest BCUT2D eigenvalue weighted by Gasteiger charge is 2.35. The fourth-order valence-corrected chi connectivity index (χ4v) is 2.29. The smallest absolute Gasteiger partial charge is 0.254 e. The normalized spacial score (nSPS) is 13.8. The Bertz CT molecular complexity index is 396. The van der Waals surface area contributed by atoms with E-state index in [1.807, 2.05) is 0 Å². The fraction of sp³-hybridized carbons (Fsp3) is 0.600. The lowest BCUT2D eigenvalue weighted by Crippen LogP contribution is -2.45. The summed E-state index contributed by atoms with van der Waals surface area (Å²) in [5.41, 5.74) is 4.18. The van der Waals surface area contributed by atoms with Crippen LogP contribution < -0.4 is 13.4 Å². The number of hydrogen-bond acceptors (Lipinski definition) is 0. The molecule has 0 aliphatic rings. The summed E-state index contributed by atoms with van der Waals surface area (Å²) in [6.07, 6.45) is 0. The van der Waals surface area contributed by atoms with Crippen molar-refractivity contribution in [2.45, 2.75) is 0 Å². The molecule has 1 aromatic carbocycles. The molecule has 0 spiro atoms. The zero-order chi connectivity index (χ0) is 14.4. The van der Waals surface area contributed by atoms with Gasteiger partial charge in [0.25, 0.3) is 5.69 Å². The van der Waals surface area contributed by atoms with Gasteiger partial charge in [0.05, 0.1) is 63.4 Å². The van der Waals surface area contributed by atoms with E-state index in [1.165, 1.54) is 17.1 Å². The minimum atomic E-state index is 0.844. The molecule has 0 radical (unpaired) electrons. The first-order chi connectivity index (χ1) is 7.85. The van der Waals surface area contributed by atoms with Gasteiger partial charge in [0.15, 0.2) is 11.4 Å². The third-order valence-electron chi connectivity index (χ3n) is 3.11. The molecular formula is C15H30N3+3. The van der Waals surface area contributed by atoms with Gasteiger partial charge in [0, 0.05) is 12.1 Å². The van der Waals surface area contributed by atoms with Gasteiger partial charge in [-0.2, -0.15) is 0 Å². The molecule has 0 bridgehead atoms. The lowest BCUT2D eigenvalue weighted by molar-refractivity contribution is 0.423. The largest absolute Gasteiger partial charge is 0.293 e. The molecule has 3 heteroatoms. The van der Waals surface area contributed by atoms with Crippen LogP contribution in [0.4, 0.5) is 17.1 Å². The number of para-hydroxylation sites is 1. The lowest BCUT2D eigenvalue weighted by atomic mass is 10.1. The van der Waals surface area contributed by atoms with Crippen LogP contribution in [0.3, 0.4) is 0 Å². The molecule has 1 aromatic rings. The summed E-state index contributed by atoms with van der Waals surface area (Å²) in [6, 6.07) is 6.67. The topological polar surface area (TPSA) is 0 Å². The fourth-order valence-electron chi connectivity index (χ4n) is 2.29. The van der Waals surface area contributed by atoms with Gasteiger partial charge in [0.1, 0.15) is 0 Å². The Kier molecular flexibility index (Phi) is 3.65. The van der Waals surface area contributed by atoms with Crippen LogP contribution in [0, 0.1) is 0 Å². The number of quaternary nitrogens is 3. The molecule has 0 aromatic heterocycles. The highest BCUT2D eigenvalue weighted by atomic mass is 15.4. The van der Waals surface area contributed by atoms with E-state index >= 15 is 0 Å². The first kappa shape index (κ1) is 15.2. The summed E-state index contributed by atoms with van der Waals surface area (Å²) in [5, 5.41) is 0. The van der Waals surface area contributed by atoms with E-state index in [1.54, 1.807) is 0 Å². The monoisotopic (exact) mass is 252 g/mol. The molecule has 0 amide bonds. The van der Waals surface area contributed by atoms with Crippen LogP contribution in [-0.2, 0) is 0 Å². The van der Waals surface area contributed by atoms with Gasteiger partial charge in [-0.05, 0) is 6.07 Å². The number of rotatable bonds is 3. The standard InChI is InChI=1S/C15H30N3/c1-16(2,3)13-11-10-12-14(17(4,5)6)15(13)18(7,8)9/h10-12H,1-9H3/q+3. The van der Waals surface area contributed by atoms with Crippen molar-refractivity contribution in [1.82, 2.24) is 13.4 Å². The van der Waals surface area contributed by atoms with E-state index < -0.39 is 0 Å². The Hall–Kier alpha value is -0.900. The van der Waals surface area contributed by atoms with E-state index in [9.17, 15) is 0 Å². The van der Waals surface area contributed by atoms with E-state index in [4.69, 9.17) is 0 Å². The van der Waals surface area contributed by atoms with E-state index in [-0.39, 0.29) is 0 Å². The number of hydrogen-bond donors (Lipinski definition) is 0. The quantitative estimate of drug-likeness (QED) is 0.724. The van der Waals surface area contributed by atoms with Gasteiger partial charge in [0.2, 0.25) is 0 Å². The van der Waals surface area contributed by atoms with Crippen molar-refractivity contribution < 1.29 is 0 Å². The van der Waals surface area contributed by atoms with Gasteiger partial charge in [-0.3, -0.25) is 13.4 Å². The third kappa shape index (κ3) is 3.10. The van der Waals surface area contributed by atoms with Crippen LogP contribution in [-0.4, -0.2) is 63.4 Å². The van der Waals surface area contributed by atoms with Gasteiger partial charge in [-0.25, -0.2) is 0 Å². The van der Waals surface area contributed by atoms with Crippen LogP contribution in [0.1, 0.15) is 0 Å². The van der Waals surface area contributed by atoms with E-state index in [0.717, 1.165) is 13.4 Å². The number of benzene rings is 1. The second-order valence-corrected chi connectivity index (χ2v) is 7.68. The van der Waals surface area contributed by atoms with Crippen molar-refractivity contribution in [2.24, 2.45) is 0 Å². The predicted octanol–water partition coefficient (Wildman–Crippen LogP) is 2.28. The molecule has 0 heterocycles. The van der Waals surface area contributed by atoms with Crippen LogP contribution in [0.15, 0.2) is 18.2 Å². The van der Waals surface area contributed by atoms with Crippen molar-refractivity contribution in [3.63, 3.8) is 0 Å². The Balaban J connectivity index is 3.68. The average molecular weight is 252 g/mol. The Labute approximate surface area is 113 Å². The molecule has 0 saturated heterocycles. The predicted molar refractivity (Wildman–Crippen MR) is 85.1 cm³/mol. The number of nitrogens with zero attached hydrogens (tertiary/aromatic N) is 3. The molecular weight excluding hydrogens is 222 g/mol. The van der Waals surface area contributed by atoms with Gasteiger partial charge < -0.3 is 0 Å². The van der Waals surface area contributed by atoms with Gasteiger partial charge in [-0.1, -0.05) is 0 Å². The average Bonchev–Trinajstić information content (AvgIpc) is 2.12. The molecule has 0 N–H and O–H groups in total. The van der Waals surface area contributed by atoms with Gasteiger partial charge in [-0.15, -0.1) is 0 Å². The highest BCUT2D eigenvalue weighted by Crippen LogP contribution is 2.42. The van der Waals surface area contributed by atoms with Crippen molar-refractivity contribution in [3.8, 4) is 0 Å². The van der Waals surface area contributed by atoms with Gasteiger partial charge >= 0.3 is 0 Å².